The smallest absolute Gasteiger partial charge is 0.332 e. The molecular formula is C13H18N4O7. The molecule has 5 atom stereocenters. The number of nitrogens with zero attached hydrogens (tertiary/aromatic N) is 4. The van der Waals surface area contributed by atoms with Gasteiger partial charge < -0.3 is 25.2 Å². The first kappa shape index (κ1) is 16.8. The molecule has 1 aliphatic heterocycles. The highest BCUT2D eigenvalue weighted by Crippen LogP contribution is 2.32. The fraction of sp³-hybridized carbons (Fsp3) is 0.615. The van der Waals surface area contributed by atoms with Crippen LogP contribution in [0.25, 0.3) is 11.2 Å². The highest BCUT2D eigenvalue weighted by molar-refractivity contribution is 5.70. The Kier molecular flexibility index (Phi) is 4.05. The van der Waals surface area contributed by atoms with Crippen LogP contribution in [0.15, 0.2) is 15.9 Å². The monoisotopic (exact) mass is 342 g/mol. The number of aromatic nitrogens is 4. The number of hydrogen-bond acceptors (Lipinski definition) is 8. The van der Waals surface area contributed by atoms with Crippen LogP contribution in [0.3, 0.4) is 0 Å². The molecule has 132 valence electrons. The van der Waals surface area contributed by atoms with Crippen LogP contribution in [0.5, 0.6) is 0 Å². The molecule has 3 rings (SSSR count). The van der Waals surface area contributed by atoms with Gasteiger partial charge in [0.25, 0.3) is 5.56 Å². The molecule has 11 heteroatoms. The number of aliphatic hydroxyl groups excluding tert-OH is 4. The normalized spacial score (nSPS) is 28.6. The van der Waals surface area contributed by atoms with Crippen LogP contribution in [0.1, 0.15) is 6.23 Å². The molecule has 1 aliphatic rings. The van der Waals surface area contributed by atoms with E-state index in [1.165, 1.54) is 29.6 Å². The summed E-state index contributed by atoms with van der Waals surface area (Å²) in [5.74, 6) is 0. The summed E-state index contributed by atoms with van der Waals surface area (Å²) in [5.41, 5.74) is -1.09. The largest absolute Gasteiger partial charge is 0.394 e. The van der Waals surface area contributed by atoms with E-state index >= 15 is 0 Å². The van der Waals surface area contributed by atoms with Crippen LogP contribution in [0.4, 0.5) is 0 Å². The zero-order valence-corrected chi connectivity index (χ0v) is 13.0. The summed E-state index contributed by atoms with van der Waals surface area (Å²) in [6, 6.07) is 0. The Hall–Kier alpha value is -2.05. The molecule has 0 radical (unpaired) electrons. The van der Waals surface area contributed by atoms with Crippen LogP contribution in [-0.4, -0.2) is 70.1 Å². The summed E-state index contributed by atoms with van der Waals surface area (Å²) >= 11 is 0. The van der Waals surface area contributed by atoms with Crippen molar-refractivity contribution in [2.24, 2.45) is 14.1 Å². The van der Waals surface area contributed by atoms with E-state index in [-0.39, 0.29) is 11.2 Å². The average Bonchev–Trinajstić information content (AvgIpc) is 3.13. The van der Waals surface area contributed by atoms with Crippen molar-refractivity contribution in [3.05, 3.63) is 27.2 Å². The van der Waals surface area contributed by atoms with E-state index in [4.69, 9.17) is 9.84 Å². The van der Waals surface area contributed by atoms with E-state index in [0.29, 0.717) is 0 Å². The minimum absolute atomic E-state index is 0.00366. The third-order valence-corrected chi connectivity index (χ3v) is 4.28. The predicted molar refractivity (Wildman–Crippen MR) is 79.2 cm³/mol. The van der Waals surface area contributed by atoms with Gasteiger partial charge in [-0.2, -0.15) is 0 Å². The molecule has 0 amide bonds. The molecule has 1 saturated heterocycles. The highest BCUT2D eigenvalue weighted by atomic mass is 16.6. The minimum atomic E-state index is -1.46. The number of hydrogen-bond donors (Lipinski definition) is 4. The number of aliphatic hydroxyl groups is 4. The van der Waals surface area contributed by atoms with Gasteiger partial charge in [-0.15, -0.1) is 0 Å². The molecule has 4 N–H and O–H groups in total. The van der Waals surface area contributed by atoms with E-state index in [0.717, 1.165) is 4.57 Å². The van der Waals surface area contributed by atoms with E-state index in [9.17, 15) is 24.9 Å². The van der Waals surface area contributed by atoms with Gasteiger partial charge in [-0.05, 0) is 0 Å². The van der Waals surface area contributed by atoms with E-state index in [2.05, 4.69) is 4.98 Å². The Morgan fingerprint density at radius 3 is 2.54 bits per heavy atom. The average molecular weight is 342 g/mol. The Morgan fingerprint density at radius 2 is 1.92 bits per heavy atom. The summed E-state index contributed by atoms with van der Waals surface area (Å²) < 4.78 is 8.76. The lowest BCUT2D eigenvalue weighted by atomic mass is 10.1. The van der Waals surface area contributed by atoms with Gasteiger partial charge in [0.15, 0.2) is 17.4 Å². The summed E-state index contributed by atoms with van der Waals surface area (Å²) in [5, 5.41) is 38.9. The predicted octanol–water partition coefficient (Wildman–Crippen LogP) is -3.59. The maximum absolute atomic E-state index is 12.1. The highest BCUT2D eigenvalue weighted by Gasteiger charge is 2.47. The van der Waals surface area contributed by atoms with Gasteiger partial charge in [0.2, 0.25) is 0 Å². The van der Waals surface area contributed by atoms with Crippen molar-refractivity contribution in [2.75, 3.05) is 6.61 Å². The first-order valence-electron chi connectivity index (χ1n) is 7.22. The number of fused-ring (bicyclic) bond motifs is 1. The molecule has 2 aromatic heterocycles. The molecule has 3 heterocycles. The third-order valence-electron chi connectivity index (χ3n) is 4.28. The molecule has 0 bridgehead atoms. The van der Waals surface area contributed by atoms with Gasteiger partial charge in [-0.1, -0.05) is 0 Å². The number of rotatable bonds is 3. The van der Waals surface area contributed by atoms with Crippen molar-refractivity contribution in [1.82, 2.24) is 18.7 Å². The SMILES string of the molecule is Cn1c(=O)c2ncn(C3OC(C(O)CO)C(O)C3O)c2n(C)c1=O. The van der Waals surface area contributed by atoms with Crippen molar-refractivity contribution >= 4 is 11.2 Å². The number of ether oxygens (including phenoxy) is 1. The quantitative estimate of drug-likeness (QED) is 0.446. The van der Waals surface area contributed by atoms with Gasteiger partial charge in [-0.3, -0.25) is 18.5 Å². The maximum Gasteiger partial charge on any atom is 0.332 e. The molecule has 2 aromatic rings. The van der Waals surface area contributed by atoms with E-state index in [1.54, 1.807) is 0 Å². The van der Waals surface area contributed by atoms with Crippen molar-refractivity contribution in [2.45, 2.75) is 30.6 Å². The summed E-state index contributed by atoms with van der Waals surface area (Å²) in [6.45, 7) is -0.662. The zero-order chi connectivity index (χ0) is 17.8. The van der Waals surface area contributed by atoms with Gasteiger partial charge in [0, 0.05) is 14.1 Å². The van der Waals surface area contributed by atoms with Gasteiger partial charge in [0.05, 0.1) is 12.9 Å². The summed E-state index contributed by atoms with van der Waals surface area (Å²) in [4.78, 5) is 28.2. The van der Waals surface area contributed by atoms with Crippen molar-refractivity contribution in [3.8, 4) is 0 Å². The van der Waals surface area contributed by atoms with Crippen molar-refractivity contribution < 1.29 is 25.2 Å². The molecule has 11 nitrogen and oxygen atoms in total. The Balaban J connectivity index is 2.15. The Bertz CT molecular complexity index is 885. The van der Waals surface area contributed by atoms with Crippen LogP contribution in [0, 0.1) is 0 Å². The standard InChI is InChI=1S/C13H18N4O7/c1-15-10-6(11(22)16(2)13(15)23)14-4-17(10)12-8(21)7(20)9(24-12)5(19)3-18/h4-5,7-9,12,18-21H,3H2,1-2H3. The molecule has 0 aromatic carbocycles. The zero-order valence-electron chi connectivity index (χ0n) is 13.0. The lowest BCUT2D eigenvalue weighted by Gasteiger charge is -2.19. The van der Waals surface area contributed by atoms with E-state index < -0.39 is 48.5 Å². The lowest BCUT2D eigenvalue weighted by Crippen LogP contribution is -2.40. The molecular weight excluding hydrogens is 324 g/mol. The third kappa shape index (κ3) is 2.21. The van der Waals surface area contributed by atoms with Crippen LogP contribution >= 0.6 is 0 Å². The Labute approximate surface area is 134 Å². The fourth-order valence-electron chi connectivity index (χ4n) is 2.92. The molecule has 5 unspecified atom stereocenters. The van der Waals surface area contributed by atoms with Gasteiger partial charge in [-0.25, -0.2) is 9.78 Å². The molecule has 24 heavy (non-hydrogen) atoms. The number of imidazole rings is 1. The van der Waals surface area contributed by atoms with Crippen molar-refractivity contribution in [1.29, 1.82) is 0 Å². The van der Waals surface area contributed by atoms with Crippen molar-refractivity contribution in [3.63, 3.8) is 0 Å². The maximum atomic E-state index is 12.1. The second-order valence-corrected chi connectivity index (χ2v) is 5.75. The first-order valence-corrected chi connectivity index (χ1v) is 7.22. The molecule has 0 spiro atoms. The van der Waals surface area contributed by atoms with Gasteiger partial charge >= 0.3 is 5.69 Å². The fourth-order valence-corrected chi connectivity index (χ4v) is 2.92. The molecule has 1 fully saturated rings. The summed E-state index contributed by atoms with van der Waals surface area (Å²) in [7, 11) is 2.75. The second kappa shape index (κ2) is 5.79. The Morgan fingerprint density at radius 1 is 1.25 bits per heavy atom. The topological polar surface area (TPSA) is 152 Å². The summed E-state index contributed by atoms with van der Waals surface area (Å²) in [6.07, 6.45) is -5.51. The van der Waals surface area contributed by atoms with Gasteiger partial charge in [0.1, 0.15) is 24.4 Å². The van der Waals surface area contributed by atoms with Crippen LogP contribution in [-0.2, 0) is 18.8 Å². The molecule has 0 aliphatic carbocycles. The second-order valence-electron chi connectivity index (χ2n) is 5.75. The van der Waals surface area contributed by atoms with Crippen LogP contribution in [0.2, 0.25) is 0 Å². The lowest BCUT2D eigenvalue weighted by molar-refractivity contribution is -0.0963. The first-order chi connectivity index (χ1) is 11.3. The minimum Gasteiger partial charge on any atom is -0.394 e. The molecule has 0 saturated carbocycles. The number of aryl methyl sites for hydroxylation is 1. The van der Waals surface area contributed by atoms with Crippen LogP contribution < -0.4 is 11.2 Å². The van der Waals surface area contributed by atoms with E-state index in [1.807, 2.05) is 0 Å².